The highest BCUT2D eigenvalue weighted by molar-refractivity contribution is 5.95. The number of carbonyl (C=O) groups is 1. The second-order valence-corrected chi connectivity index (χ2v) is 6.71. The number of pyridine rings is 1. The quantitative estimate of drug-likeness (QED) is 0.781. The molecule has 3 nitrogen and oxygen atoms in total. The van der Waals surface area contributed by atoms with Crippen LogP contribution < -0.4 is 0 Å². The van der Waals surface area contributed by atoms with Crippen molar-refractivity contribution in [3.8, 4) is 0 Å². The maximum atomic E-state index is 15.0. The molecule has 0 saturated carbocycles. The van der Waals surface area contributed by atoms with Gasteiger partial charge in [-0.15, -0.1) is 0 Å². The number of benzene rings is 1. The Morgan fingerprint density at radius 3 is 2.79 bits per heavy atom. The number of alkyl halides is 1. The molecule has 3 rings (SSSR count). The predicted molar refractivity (Wildman–Crippen MR) is 88.4 cm³/mol. The second-order valence-electron chi connectivity index (χ2n) is 6.71. The van der Waals surface area contributed by atoms with E-state index in [-0.39, 0.29) is 30.0 Å². The molecule has 0 fully saturated rings. The molecule has 0 radical (unpaired) electrons. The van der Waals surface area contributed by atoms with E-state index < -0.39 is 17.5 Å². The van der Waals surface area contributed by atoms with Crippen LogP contribution in [-0.4, -0.2) is 23.2 Å². The molecule has 1 aliphatic rings. The molecule has 5 heteroatoms. The van der Waals surface area contributed by atoms with Gasteiger partial charge in [0.2, 0.25) is 0 Å². The van der Waals surface area contributed by atoms with Crippen molar-refractivity contribution in [1.29, 1.82) is 0 Å². The number of rotatable bonds is 3. The first kappa shape index (κ1) is 16.8. The van der Waals surface area contributed by atoms with E-state index in [9.17, 15) is 13.6 Å². The average molecular weight is 333 g/mol. The van der Waals surface area contributed by atoms with Crippen molar-refractivity contribution < 1.29 is 18.3 Å². The lowest BCUT2D eigenvalue weighted by molar-refractivity contribution is 0.0526. The summed E-state index contributed by atoms with van der Waals surface area (Å²) in [5, 5.41) is 0.504. The Morgan fingerprint density at radius 1 is 1.38 bits per heavy atom. The fourth-order valence-corrected chi connectivity index (χ4v) is 3.25. The molecule has 0 N–H and O–H groups in total. The molecule has 1 heterocycles. The van der Waals surface area contributed by atoms with Gasteiger partial charge >= 0.3 is 5.97 Å². The van der Waals surface area contributed by atoms with Crippen LogP contribution in [-0.2, 0) is 17.6 Å². The van der Waals surface area contributed by atoms with Crippen LogP contribution in [0.4, 0.5) is 8.78 Å². The van der Waals surface area contributed by atoms with Gasteiger partial charge in [0.1, 0.15) is 17.0 Å². The normalized spacial score (nSPS) is 20.2. The highest BCUT2D eigenvalue weighted by atomic mass is 19.1. The monoisotopic (exact) mass is 333 g/mol. The van der Waals surface area contributed by atoms with Gasteiger partial charge in [-0.3, -0.25) is 0 Å². The first-order valence-electron chi connectivity index (χ1n) is 8.32. The van der Waals surface area contributed by atoms with E-state index in [0.717, 1.165) is 17.3 Å². The number of hydrogen-bond acceptors (Lipinski definition) is 3. The van der Waals surface area contributed by atoms with Gasteiger partial charge in [-0.25, -0.2) is 18.6 Å². The van der Waals surface area contributed by atoms with Crippen LogP contribution in [0.2, 0.25) is 0 Å². The zero-order valence-electron chi connectivity index (χ0n) is 14.2. The maximum Gasteiger partial charge on any atom is 0.338 e. The Labute approximate surface area is 140 Å². The molecule has 1 aromatic carbocycles. The van der Waals surface area contributed by atoms with E-state index in [1.165, 1.54) is 0 Å². The van der Waals surface area contributed by atoms with Crippen LogP contribution in [0.3, 0.4) is 0 Å². The summed E-state index contributed by atoms with van der Waals surface area (Å²) in [5.74, 6) is -1.22. The van der Waals surface area contributed by atoms with Crippen molar-refractivity contribution >= 4 is 16.9 Å². The Kier molecular flexibility index (Phi) is 4.28. The van der Waals surface area contributed by atoms with Gasteiger partial charge in [0.25, 0.3) is 0 Å². The zero-order chi connectivity index (χ0) is 17.5. The van der Waals surface area contributed by atoms with E-state index in [4.69, 9.17) is 4.74 Å². The van der Waals surface area contributed by atoms with Gasteiger partial charge in [-0.05, 0) is 49.4 Å². The molecule has 1 aliphatic carbocycles. The third-order valence-corrected chi connectivity index (χ3v) is 4.85. The molecule has 2 aromatic rings. The van der Waals surface area contributed by atoms with Crippen LogP contribution in [0.5, 0.6) is 0 Å². The minimum Gasteiger partial charge on any atom is -0.462 e. The van der Waals surface area contributed by atoms with Crippen molar-refractivity contribution in [3.63, 3.8) is 0 Å². The summed E-state index contributed by atoms with van der Waals surface area (Å²) in [6.07, 6.45) is 1.17. The topological polar surface area (TPSA) is 39.2 Å². The molecular weight excluding hydrogens is 312 g/mol. The summed E-state index contributed by atoms with van der Waals surface area (Å²) in [5.41, 5.74) is 0.650. The summed E-state index contributed by atoms with van der Waals surface area (Å²) in [4.78, 5) is 16.2. The lowest BCUT2D eigenvalue weighted by atomic mass is 9.77. The summed E-state index contributed by atoms with van der Waals surface area (Å²) >= 11 is 0. The minimum atomic E-state index is -1.26. The van der Waals surface area contributed by atoms with Crippen molar-refractivity contribution in [1.82, 2.24) is 4.98 Å². The minimum absolute atomic E-state index is 0.0936. The van der Waals surface area contributed by atoms with Gasteiger partial charge in [-0.1, -0.05) is 13.8 Å². The van der Waals surface area contributed by atoms with Crippen molar-refractivity contribution in [3.05, 3.63) is 40.8 Å². The predicted octanol–water partition coefficient (Wildman–Crippen LogP) is 4.40. The fraction of sp³-hybridized carbons (Fsp3) is 0.474. The molecule has 0 bridgehead atoms. The smallest absolute Gasteiger partial charge is 0.338 e. The number of carbonyl (C=O) groups excluding carboxylic acids is 1. The first-order chi connectivity index (χ1) is 11.3. The number of esters is 1. The zero-order valence-corrected chi connectivity index (χ0v) is 14.2. The highest BCUT2D eigenvalue weighted by Crippen LogP contribution is 2.38. The standard InChI is InChI=1S/C19H21F2NO2/c1-4-24-18(23)13-7-12-8-14-10-19(21,11(2)3)6-5-16(14)22-17(12)15(20)9-13/h7-9,11H,4-6,10H2,1-3H3/t19-/m0/s1. The van der Waals surface area contributed by atoms with E-state index in [1.54, 1.807) is 19.1 Å². The van der Waals surface area contributed by atoms with Crippen molar-refractivity contribution in [2.24, 2.45) is 5.92 Å². The van der Waals surface area contributed by atoms with Crippen LogP contribution in [0.1, 0.15) is 48.8 Å². The van der Waals surface area contributed by atoms with E-state index in [2.05, 4.69) is 4.98 Å². The summed E-state index contributed by atoms with van der Waals surface area (Å²) in [7, 11) is 0. The third kappa shape index (κ3) is 2.87. The molecule has 0 saturated heterocycles. The summed E-state index contributed by atoms with van der Waals surface area (Å²) < 4.78 is 34.3. The SMILES string of the molecule is CCOC(=O)c1cc(F)c2nc3c(cc2c1)C[C@](F)(C(C)C)CC3. The Bertz CT molecular complexity index is 804. The molecule has 24 heavy (non-hydrogen) atoms. The van der Waals surface area contributed by atoms with Crippen LogP contribution in [0, 0.1) is 11.7 Å². The molecule has 0 aliphatic heterocycles. The lowest BCUT2D eigenvalue weighted by Crippen LogP contribution is -2.36. The van der Waals surface area contributed by atoms with E-state index in [1.807, 2.05) is 13.8 Å². The molecule has 0 amide bonds. The average Bonchev–Trinajstić information content (AvgIpc) is 2.53. The molecule has 128 valence electrons. The van der Waals surface area contributed by atoms with Gasteiger partial charge in [-0.2, -0.15) is 0 Å². The third-order valence-electron chi connectivity index (χ3n) is 4.85. The number of aromatic nitrogens is 1. The van der Waals surface area contributed by atoms with Gasteiger partial charge in [0, 0.05) is 17.5 Å². The second kappa shape index (κ2) is 6.11. The number of fused-ring (bicyclic) bond motifs is 2. The fourth-order valence-electron chi connectivity index (χ4n) is 3.25. The summed E-state index contributed by atoms with van der Waals surface area (Å²) in [6, 6.07) is 4.48. The van der Waals surface area contributed by atoms with E-state index in [0.29, 0.717) is 18.2 Å². The molecule has 0 spiro atoms. The van der Waals surface area contributed by atoms with Crippen LogP contribution in [0.25, 0.3) is 10.9 Å². The number of ether oxygens (including phenoxy) is 1. The maximum absolute atomic E-state index is 15.0. The number of aryl methyl sites for hydroxylation is 1. The highest BCUT2D eigenvalue weighted by Gasteiger charge is 2.38. The number of hydrogen-bond donors (Lipinski definition) is 0. The van der Waals surface area contributed by atoms with Crippen molar-refractivity contribution in [2.75, 3.05) is 6.61 Å². The lowest BCUT2D eigenvalue weighted by Gasteiger charge is -2.34. The molecular formula is C19H21F2NO2. The largest absolute Gasteiger partial charge is 0.462 e. The van der Waals surface area contributed by atoms with Crippen LogP contribution in [0.15, 0.2) is 18.2 Å². The van der Waals surface area contributed by atoms with E-state index >= 15 is 0 Å². The van der Waals surface area contributed by atoms with Crippen LogP contribution >= 0.6 is 0 Å². The Balaban J connectivity index is 2.08. The number of nitrogens with zero attached hydrogens (tertiary/aromatic N) is 1. The Hall–Kier alpha value is -2.04. The van der Waals surface area contributed by atoms with Gasteiger partial charge < -0.3 is 4.74 Å². The first-order valence-corrected chi connectivity index (χ1v) is 8.32. The molecule has 0 unspecified atom stereocenters. The molecule has 1 aromatic heterocycles. The molecule has 1 atom stereocenters. The van der Waals surface area contributed by atoms with Crippen molar-refractivity contribution in [2.45, 2.75) is 45.7 Å². The van der Waals surface area contributed by atoms with Gasteiger partial charge in [0.15, 0.2) is 0 Å². The van der Waals surface area contributed by atoms with Gasteiger partial charge in [0.05, 0.1) is 12.2 Å². The number of halogens is 2. The Morgan fingerprint density at radius 2 is 2.12 bits per heavy atom. The summed E-state index contributed by atoms with van der Waals surface area (Å²) in [6.45, 7) is 5.66.